The summed E-state index contributed by atoms with van der Waals surface area (Å²) in [7, 11) is 1.41. The van der Waals surface area contributed by atoms with E-state index in [1.807, 2.05) is 0 Å². The van der Waals surface area contributed by atoms with Gasteiger partial charge in [0.25, 0.3) is 0 Å². The minimum atomic E-state index is -3.32. The van der Waals surface area contributed by atoms with Gasteiger partial charge < -0.3 is 4.74 Å². The number of hydrogen-bond acceptors (Lipinski definition) is 1. The second-order valence-corrected chi connectivity index (χ2v) is 2.70. The first-order valence-electron chi connectivity index (χ1n) is 3.25. The zero-order valence-electron chi connectivity index (χ0n) is 6.35. The average Bonchev–Trinajstić information content (AvgIpc) is 2.03. The van der Waals surface area contributed by atoms with E-state index >= 15 is 0 Å². The lowest BCUT2D eigenvalue weighted by molar-refractivity contribution is 0.0948. The van der Waals surface area contributed by atoms with Gasteiger partial charge in [0.1, 0.15) is 5.75 Å². The van der Waals surface area contributed by atoms with E-state index in [4.69, 9.17) is 16.3 Å². The van der Waals surface area contributed by atoms with E-state index in [0.717, 1.165) is 0 Å². The average molecular weight is 193 g/mol. The molecule has 1 aromatic rings. The van der Waals surface area contributed by atoms with Crippen LogP contribution in [0.3, 0.4) is 0 Å². The molecule has 0 spiro atoms. The molecule has 66 valence electrons. The minimum absolute atomic E-state index is 0.261. The standard InChI is InChI=1S/C8H7ClF2O/c1-12-7-4-2-3-6(5-7)8(9,10)11/h2-5H,1H3. The molecule has 0 radical (unpaired) electrons. The molecule has 0 bridgehead atoms. The van der Waals surface area contributed by atoms with Gasteiger partial charge in [0.15, 0.2) is 0 Å². The molecule has 4 heteroatoms. The highest BCUT2D eigenvalue weighted by atomic mass is 35.5. The number of rotatable bonds is 2. The lowest BCUT2D eigenvalue weighted by atomic mass is 10.2. The third-order valence-electron chi connectivity index (χ3n) is 1.40. The second-order valence-electron chi connectivity index (χ2n) is 2.23. The maximum absolute atomic E-state index is 12.5. The van der Waals surface area contributed by atoms with E-state index in [2.05, 4.69) is 0 Å². The Morgan fingerprint density at radius 3 is 2.58 bits per heavy atom. The van der Waals surface area contributed by atoms with Crippen LogP contribution in [-0.2, 0) is 5.38 Å². The zero-order valence-corrected chi connectivity index (χ0v) is 7.11. The van der Waals surface area contributed by atoms with Crippen molar-refractivity contribution in [3.63, 3.8) is 0 Å². The van der Waals surface area contributed by atoms with E-state index < -0.39 is 5.38 Å². The maximum Gasteiger partial charge on any atom is 0.348 e. The first kappa shape index (κ1) is 9.26. The predicted octanol–water partition coefficient (Wildman–Crippen LogP) is 2.98. The summed E-state index contributed by atoms with van der Waals surface area (Å²) in [6, 6.07) is 5.49. The van der Waals surface area contributed by atoms with Gasteiger partial charge in [0.2, 0.25) is 0 Å². The van der Waals surface area contributed by atoms with Crippen molar-refractivity contribution in [1.29, 1.82) is 0 Å². The largest absolute Gasteiger partial charge is 0.497 e. The van der Waals surface area contributed by atoms with Crippen LogP contribution in [0, 0.1) is 0 Å². The molecule has 1 nitrogen and oxygen atoms in total. The van der Waals surface area contributed by atoms with Gasteiger partial charge in [0, 0.05) is 5.56 Å². The van der Waals surface area contributed by atoms with Crippen LogP contribution in [0.4, 0.5) is 8.78 Å². The summed E-state index contributed by atoms with van der Waals surface area (Å²) in [5.74, 6) is 0.368. The zero-order chi connectivity index (χ0) is 9.19. The number of ether oxygens (including phenoxy) is 1. The fraction of sp³-hybridized carbons (Fsp3) is 0.250. The van der Waals surface area contributed by atoms with Crippen LogP contribution in [0.2, 0.25) is 0 Å². The molecule has 0 heterocycles. The maximum atomic E-state index is 12.5. The molecule has 0 N–H and O–H groups in total. The number of methoxy groups -OCH3 is 1. The first-order chi connectivity index (χ1) is 5.54. The summed E-state index contributed by atoms with van der Waals surface area (Å²) < 4.78 is 29.7. The first-order valence-corrected chi connectivity index (χ1v) is 3.63. The molecule has 12 heavy (non-hydrogen) atoms. The molecule has 0 fully saturated rings. The molecule has 0 atom stereocenters. The molecule has 0 saturated carbocycles. The SMILES string of the molecule is COc1cccc(C(F)(F)Cl)c1. The van der Waals surface area contributed by atoms with Gasteiger partial charge >= 0.3 is 5.38 Å². The summed E-state index contributed by atoms with van der Waals surface area (Å²) in [6.07, 6.45) is 0. The fourth-order valence-electron chi connectivity index (χ4n) is 0.799. The van der Waals surface area contributed by atoms with E-state index in [0.29, 0.717) is 5.75 Å². The summed E-state index contributed by atoms with van der Waals surface area (Å²) in [5.41, 5.74) is -0.261. The normalized spacial score (nSPS) is 11.3. The molecule has 0 aliphatic rings. The molecular weight excluding hydrogens is 186 g/mol. The van der Waals surface area contributed by atoms with Crippen LogP contribution in [-0.4, -0.2) is 7.11 Å². The van der Waals surface area contributed by atoms with Crippen molar-refractivity contribution in [2.45, 2.75) is 5.38 Å². The number of alkyl halides is 3. The predicted molar refractivity (Wildman–Crippen MR) is 42.7 cm³/mol. The highest BCUT2D eigenvalue weighted by Crippen LogP contribution is 2.33. The molecule has 0 saturated heterocycles. The molecule has 0 aromatic heterocycles. The van der Waals surface area contributed by atoms with Gasteiger partial charge in [-0.1, -0.05) is 12.1 Å². The van der Waals surface area contributed by atoms with Crippen LogP contribution >= 0.6 is 11.6 Å². The Kier molecular flexibility index (Phi) is 2.52. The molecular formula is C8H7ClF2O. The van der Waals surface area contributed by atoms with Gasteiger partial charge in [-0.25, -0.2) is 0 Å². The summed E-state index contributed by atoms with van der Waals surface area (Å²) in [4.78, 5) is 0. The fourth-order valence-corrected chi connectivity index (χ4v) is 0.917. The van der Waals surface area contributed by atoms with Gasteiger partial charge in [-0.3, -0.25) is 0 Å². The van der Waals surface area contributed by atoms with Gasteiger partial charge in [-0.15, -0.1) is 0 Å². The second kappa shape index (κ2) is 3.27. The lowest BCUT2D eigenvalue weighted by Crippen LogP contribution is -2.02. The molecule has 0 amide bonds. The highest BCUT2D eigenvalue weighted by molar-refractivity contribution is 6.21. The lowest BCUT2D eigenvalue weighted by Gasteiger charge is -2.08. The van der Waals surface area contributed by atoms with Crippen LogP contribution in [0.15, 0.2) is 24.3 Å². The van der Waals surface area contributed by atoms with Crippen LogP contribution in [0.1, 0.15) is 5.56 Å². The molecule has 0 aliphatic carbocycles. The molecule has 0 unspecified atom stereocenters. The van der Waals surface area contributed by atoms with Crippen molar-refractivity contribution in [2.24, 2.45) is 0 Å². The summed E-state index contributed by atoms with van der Waals surface area (Å²) >= 11 is 4.80. The van der Waals surface area contributed by atoms with E-state index in [-0.39, 0.29) is 5.56 Å². The highest BCUT2D eigenvalue weighted by Gasteiger charge is 2.27. The third-order valence-corrected chi connectivity index (χ3v) is 1.62. The topological polar surface area (TPSA) is 9.23 Å². The Balaban J connectivity index is 3.02. The molecule has 1 aromatic carbocycles. The van der Waals surface area contributed by atoms with Crippen LogP contribution in [0.5, 0.6) is 5.75 Å². The number of benzene rings is 1. The Morgan fingerprint density at radius 2 is 2.08 bits per heavy atom. The quantitative estimate of drug-likeness (QED) is 0.655. The molecule has 0 aliphatic heterocycles. The van der Waals surface area contributed by atoms with Crippen LogP contribution in [0.25, 0.3) is 0 Å². The Hall–Kier alpha value is -0.830. The summed E-state index contributed by atoms with van der Waals surface area (Å²) in [5, 5.41) is -3.32. The third kappa shape index (κ3) is 2.08. The van der Waals surface area contributed by atoms with Crippen LogP contribution < -0.4 is 4.74 Å². The van der Waals surface area contributed by atoms with Crippen molar-refractivity contribution >= 4 is 11.6 Å². The van der Waals surface area contributed by atoms with Crippen molar-refractivity contribution in [3.8, 4) is 5.75 Å². The van der Waals surface area contributed by atoms with Crippen molar-refractivity contribution in [3.05, 3.63) is 29.8 Å². The van der Waals surface area contributed by atoms with Gasteiger partial charge in [0.05, 0.1) is 7.11 Å². The monoisotopic (exact) mass is 192 g/mol. The van der Waals surface area contributed by atoms with Crippen molar-refractivity contribution < 1.29 is 13.5 Å². The van der Waals surface area contributed by atoms with Gasteiger partial charge in [-0.2, -0.15) is 8.78 Å². The Morgan fingerprint density at radius 1 is 1.42 bits per heavy atom. The Bertz CT molecular complexity index is 270. The Labute approximate surface area is 73.9 Å². The number of halogens is 3. The van der Waals surface area contributed by atoms with E-state index in [9.17, 15) is 8.78 Å². The smallest absolute Gasteiger partial charge is 0.348 e. The van der Waals surface area contributed by atoms with Crippen molar-refractivity contribution in [2.75, 3.05) is 7.11 Å². The summed E-state index contributed by atoms with van der Waals surface area (Å²) in [6.45, 7) is 0. The minimum Gasteiger partial charge on any atom is -0.497 e. The number of hydrogen-bond donors (Lipinski definition) is 0. The molecule has 1 rings (SSSR count). The van der Waals surface area contributed by atoms with E-state index in [1.54, 1.807) is 6.07 Å². The van der Waals surface area contributed by atoms with Crippen molar-refractivity contribution in [1.82, 2.24) is 0 Å². The van der Waals surface area contributed by atoms with E-state index in [1.165, 1.54) is 25.3 Å². The van der Waals surface area contributed by atoms with Gasteiger partial charge in [-0.05, 0) is 23.7 Å².